The quantitative estimate of drug-likeness (QED) is 0.398. The molecule has 1 saturated carbocycles. The molecule has 0 radical (unpaired) electrons. The average Bonchev–Trinajstić information content (AvgIpc) is 3.45. The molecule has 2 aliphatic rings. The molecule has 5 rings (SSSR count). The highest BCUT2D eigenvalue weighted by atomic mass is 32.2. The number of halogens is 2. The lowest BCUT2D eigenvalue weighted by Gasteiger charge is -2.34. The summed E-state index contributed by atoms with van der Waals surface area (Å²) in [4.78, 5) is 3.79. The van der Waals surface area contributed by atoms with Gasteiger partial charge in [-0.2, -0.15) is 0 Å². The molecule has 5 heteroatoms. The Bertz CT molecular complexity index is 1050. The number of hydrogen-bond donors (Lipinski definition) is 0. The van der Waals surface area contributed by atoms with Gasteiger partial charge in [-0.3, -0.25) is 0 Å². The van der Waals surface area contributed by atoms with Crippen LogP contribution in [0, 0.1) is 11.6 Å². The fourth-order valence-electron chi connectivity index (χ4n) is 5.03. The van der Waals surface area contributed by atoms with Gasteiger partial charge in [-0.25, -0.2) is 8.78 Å². The van der Waals surface area contributed by atoms with Crippen molar-refractivity contribution in [1.82, 2.24) is 9.47 Å². The van der Waals surface area contributed by atoms with E-state index in [2.05, 4.69) is 22.5 Å². The summed E-state index contributed by atoms with van der Waals surface area (Å²) in [5, 5.41) is 1.02. The van der Waals surface area contributed by atoms with Crippen molar-refractivity contribution in [3.63, 3.8) is 0 Å². The largest absolute Gasteiger partial charge is 0.341 e. The molecule has 31 heavy (non-hydrogen) atoms. The average molecular weight is 441 g/mol. The number of fused-ring (bicyclic) bond motifs is 1. The van der Waals surface area contributed by atoms with E-state index in [1.807, 2.05) is 30.0 Å². The summed E-state index contributed by atoms with van der Waals surface area (Å²) >= 11 is 1.93. The van der Waals surface area contributed by atoms with Gasteiger partial charge in [-0.05, 0) is 93.6 Å². The number of benzene rings is 2. The number of hydrogen-bond acceptors (Lipinski definition) is 2. The zero-order chi connectivity index (χ0) is 21.4. The van der Waals surface area contributed by atoms with E-state index in [4.69, 9.17) is 0 Å². The second kappa shape index (κ2) is 8.59. The molecule has 1 aliphatic carbocycles. The minimum Gasteiger partial charge on any atom is -0.341 e. The van der Waals surface area contributed by atoms with Gasteiger partial charge in [0.25, 0.3) is 0 Å². The monoisotopic (exact) mass is 440 g/mol. The summed E-state index contributed by atoms with van der Waals surface area (Å²) in [5.74, 6) is -0.321. The predicted molar refractivity (Wildman–Crippen MR) is 125 cm³/mol. The van der Waals surface area contributed by atoms with Crippen LogP contribution in [0.5, 0.6) is 0 Å². The number of aromatic nitrogens is 1. The van der Waals surface area contributed by atoms with Crippen LogP contribution < -0.4 is 0 Å². The summed E-state index contributed by atoms with van der Waals surface area (Å²) < 4.78 is 29.7. The maximum absolute atomic E-state index is 13.7. The Kier molecular flexibility index (Phi) is 5.82. The number of thioether (sulfide) groups is 1. The summed E-state index contributed by atoms with van der Waals surface area (Å²) in [6.45, 7) is 5.56. The molecule has 0 atom stereocenters. The number of piperidine rings is 1. The van der Waals surface area contributed by atoms with Crippen molar-refractivity contribution in [1.29, 1.82) is 0 Å². The van der Waals surface area contributed by atoms with Crippen LogP contribution in [0.15, 0.2) is 53.4 Å². The Balaban J connectivity index is 1.19. The smallest absolute Gasteiger partial charge is 0.123 e. The van der Waals surface area contributed by atoms with Gasteiger partial charge in [0.15, 0.2) is 0 Å². The second-order valence-corrected chi connectivity index (χ2v) is 10.7. The summed E-state index contributed by atoms with van der Waals surface area (Å²) in [7, 11) is 0. The number of likely N-dealkylation sites (tertiary alicyclic amines) is 1. The van der Waals surface area contributed by atoms with E-state index in [9.17, 15) is 8.78 Å². The van der Waals surface area contributed by atoms with Crippen LogP contribution in [0.1, 0.15) is 50.8 Å². The highest BCUT2D eigenvalue weighted by Crippen LogP contribution is 2.54. The van der Waals surface area contributed by atoms with Crippen molar-refractivity contribution in [2.24, 2.45) is 0 Å². The lowest BCUT2D eigenvalue weighted by molar-refractivity contribution is 0.184. The molecule has 0 spiro atoms. The van der Waals surface area contributed by atoms with Crippen LogP contribution in [-0.4, -0.2) is 33.8 Å². The van der Waals surface area contributed by atoms with Crippen molar-refractivity contribution in [2.75, 3.05) is 19.6 Å². The predicted octanol–water partition coefficient (Wildman–Crippen LogP) is 6.83. The molecule has 3 aromatic rings. The fourth-order valence-corrected chi connectivity index (χ4v) is 6.30. The maximum atomic E-state index is 13.7. The first-order valence-corrected chi connectivity index (χ1v) is 12.3. The van der Waals surface area contributed by atoms with Gasteiger partial charge in [0, 0.05) is 45.4 Å². The number of rotatable bonds is 7. The highest BCUT2D eigenvalue weighted by Gasteiger charge is 2.43. The highest BCUT2D eigenvalue weighted by molar-refractivity contribution is 8.01. The molecule has 0 N–H and O–H groups in total. The third-order valence-electron chi connectivity index (χ3n) is 7.00. The van der Waals surface area contributed by atoms with E-state index in [0.29, 0.717) is 10.8 Å². The molecule has 0 unspecified atom stereocenters. The maximum Gasteiger partial charge on any atom is 0.123 e. The SMILES string of the molecule is CCc1cc2cc(F)ccc2n1C1CCN(CCC2(Sc3ccc(F)cc3)CC2)CC1. The zero-order valence-corrected chi connectivity index (χ0v) is 18.9. The number of aryl methyl sites for hydroxylation is 1. The van der Waals surface area contributed by atoms with Gasteiger partial charge in [0.05, 0.1) is 0 Å². The zero-order valence-electron chi connectivity index (χ0n) is 18.1. The van der Waals surface area contributed by atoms with Crippen molar-refractivity contribution in [3.05, 3.63) is 65.9 Å². The molecule has 2 fully saturated rings. The van der Waals surface area contributed by atoms with Gasteiger partial charge in [0.2, 0.25) is 0 Å². The van der Waals surface area contributed by atoms with Crippen LogP contribution >= 0.6 is 11.8 Å². The second-order valence-electron chi connectivity index (χ2n) is 9.12. The summed E-state index contributed by atoms with van der Waals surface area (Å²) in [6.07, 6.45) is 6.98. The standard InChI is InChI=1S/C26H30F2N2S/c1-2-22-18-19-17-21(28)5-8-25(19)30(22)23-9-14-29(15-10-23)16-13-26(11-12-26)31-24-6-3-20(27)4-7-24/h3-8,17-18,23H,2,9-16H2,1H3. The van der Waals surface area contributed by atoms with Crippen LogP contribution in [0.4, 0.5) is 8.78 Å². The normalized spacial score (nSPS) is 19.2. The van der Waals surface area contributed by atoms with Crippen LogP contribution in [0.2, 0.25) is 0 Å². The molecule has 1 saturated heterocycles. The van der Waals surface area contributed by atoms with Gasteiger partial charge in [-0.1, -0.05) is 6.92 Å². The minimum absolute atomic E-state index is 0.158. The Labute approximate surface area is 187 Å². The third kappa shape index (κ3) is 4.54. The molecule has 2 aromatic carbocycles. The van der Waals surface area contributed by atoms with Crippen molar-refractivity contribution in [2.45, 2.75) is 61.1 Å². The topological polar surface area (TPSA) is 8.17 Å². The van der Waals surface area contributed by atoms with Gasteiger partial charge in [-0.15, -0.1) is 11.8 Å². The van der Waals surface area contributed by atoms with Crippen LogP contribution in [0.3, 0.4) is 0 Å². The molecule has 1 aromatic heterocycles. The van der Waals surface area contributed by atoms with E-state index >= 15 is 0 Å². The third-order valence-corrected chi connectivity index (χ3v) is 8.56. The molecular weight excluding hydrogens is 410 g/mol. The molecule has 164 valence electrons. The fraction of sp³-hybridized carbons (Fsp3) is 0.462. The van der Waals surface area contributed by atoms with E-state index < -0.39 is 0 Å². The first kappa shape index (κ1) is 21.0. The molecule has 1 aliphatic heterocycles. The van der Waals surface area contributed by atoms with Crippen LogP contribution in [0.25, 0.3) is 10.9 Å². The molecule has 0 bridgehead atoms. The lowest BCUT2D eigenvalue weighted by atomic mass is 10.0. The molecular formula is C26H30F2N2S. The van der Waals surface area contributed by atoms with E-state index in [1.165, 1.54) is 35.4 Å². The Hall–Kier alpha value is -1.85. The number of nitrogens with zero attached hydrogens (tertiary/aromatic N) is 2. The molecule has 2 nitrogen and oxygen atoms in total. The molecule has 0 amide bonds. The first-order valence-electron chi connectivity index (χ1n) is 11.5. The van der Waals surface area contributed by atoms with Gasteiger partial charge >= 0.3 is 0 Å². The Morgan fingerprint density at radius 3 is 2.35 bits per heavy atom. The van der Waals surface area contributed by atoms with E-state index in [0.717, 1.165) is 44.3 Å². The van der Waals surface area contributed by atoms with Crippen LogP contribution in [-0.2, 0) is 6.42 Å². The first-order chi connectivity index (χ1) is 15.0. The Morgan fingerprint density at radius 1 is 0.968 bits per heavy atom. The van der Waals surface area contributed by atoms with Crippen molar-refractivity contribution in [3.8, 4) is 0 Å². The lowest BCUT2D eigenvalue weighted by Crippen LogP contribution is -2.36. The van der Waals surface area contributed by atoms with E-state index in [1.54, 1.807) is 24.3 Å². The van der Waals surface area contributed by atoms with Gasteiger partial charge in [0.1, 0.15) is 11.6 Å². The molecule has 2 heterocycles. The summed E-state index contributed by atoms with van der Waals surface area (Å²) in [6, 6.07) is 14.8. The van der Waals surface area contributed by atoms with Crippen molar-refractivity contribution < 1.29 is 8.78 Å². The Morgan fingerprint density at radius 2 is 1.68 bits per heavy atom. The summed E-state index contributed by atoms with van der Waals surface area (Å²) in [5.41, 5.74) is 2.48. The van der Waals surface area contributed by atoms with Gasteiger partial charge < -0.3 is 9.47 Å². The minimum atomic E-state index is -0.163. The van der Waals surface area contributed by atoms with Crippen molar-refractivity contribution >= 4 is 22.7 Å². The van der Waals surface area contributed by atoms with E-state index in [-0.39, 0.29) is 11.6 Å².